The summed E-state index contributed by atoms with van der Waals surface area (Å²) in [6, 6.07) is 7.28. The number of benzene rings is 1. The van der Waals surface area contributed by atoms with Crippen LogP contribution in [0.3, 0.4) is 0 Å². The highest BCUT2D eigenvalue weighted by Gasteiger charge is 2.20. The normalized spacial score (nSPS) is 12.4. The Labute approximate surface area is 169 Å². The van der Waals surface area contributed by atoms with E-state index in [1.54, 1.807) is 14.2 Å². The molecular weight excluding hydrogens is 374 g/mol. The third-order valence-corrected chi connectivity index (χ3v) is 5.77. The summed E-state index contributed by atoms with van der Waals surface area (Å²) in [5, 5.41) is 8.72. The Bertz CT molecular complexity index is 990. The molecule has 1 atom stereocenters. The van der Waals surface area contributed by atoms with Gasteiger partial charge in [0.05, 0.1) is 30.8 Å². The largest absolute Gasteiger partial charge is 0.497 e. The van der Waals surface area contributed by atoms with Crippen LogP contribution in [0.2, 0.25) is 0 Å². The van der Waals surface area contributed by atoms with Crippen molar-refractivity contribution in [3.8, 4) is 11.5 Å². The number of thiophene rings is 1. The first kappa shape index (κ1) is 20.2. The van der Waals surface area contributed by atoms with Crippen LogP contribution in [-0.2, 0) is 6.54 Å². The predicted octanol–water partition coefficient (Wildman–Crippen LogP) is 4.57. The van der Waals surface area contributed by atoms with E-state index < -0.39 is 0 Å². The molecule has 6 nitrogen and oxygen atoms in total. The van der Waals surface area contributed by atoms with Gasteiger partial charge in [-0.05, 0) is 44.0 Å². The lowest BCUT2D eigenvalue weighted by molar-refractivity contribution is 0.0943. The maximum Gasteiger partial charge on any atom is 0.261 e. The molecule has 2 aromatic heterocycles. The molecule has 150 valence electrons. The van der Waals surface area contributed by atoms with Crippen LogP contribution in [0.15, 0.2) is 24.3 Å². The Morgan fingerprint density at radius 3 is 2.61 bits per heavy atom. The van der Waals surface area contributed by atoms with Gasteiger partial charge in [0.1, 0.15) is 16.3 Å². The Balaban J connectivity index is 1.85. The van der Waals surface area contributed by atoms with Crippen LogP contribution in [0.25, 0.3) is 10.2 Å². The lowest BCUT2D eigenvalue weighted by atomic mass is 10.1. The second kappa shape index (κ2) is 8.22. The van der Waals surface area contributed by atoms with Gasteiger partial charge in [-0.2, -0.15) is 5.10 Å². The second-order valence-electron chi connectivity index (χ2n) is 7.29. The highest BCUT2D eigenvalue weighted by molar-refractivity contribution is 7.20. The van der Waals surface area contributed by atoms with Gasteiger partial charge < -0.3 is 14.8 Å². The van der Waals surface area contributed by atoms with Gasteiger partial charge in [-0.25, -0.2) is 0 Å². The lowest BCUT2D eigenvalue weighted by Gasteiger charge is -2.18. The SMILES string of the molecule is COc1ccc(OC)c([C@@H](C)NC(=O)c2cc3c(C)nn(CC(C)C)c3s2)c1. The third-order valence-electron chi connectivity index (χ3n) is 4.62. The summed E-state index contributed by atoms with van der Waals surface area (Å²) >= 11 is 1.48. The van der Waals surface area contributed by atoms with Crippen molar-refractivity contribution in [2.45, 2.75) is 40.3 Å². The fourth-order valence-corrected chi connectivity index (χ4v) is 4.29. The van der Waals surface area contributed by atoms with E-state index in [4.69, 9.17) is 9.47 Å². The molecule has 3 rings (SSSR count). The third kappa shape index (κ3) is 3.99. The van der Waals surface area contributed by atoms with E-state index in [1.807, 2.05) is 42.8 Å². The Kier molecular flexibility index (Phi) is 5.93. The summed E-state index contributed by atoms with van der Waals surface area (Å²) in [6.45, 7) is 9.08. The van der Waals surface area contributed by atoms with Crippen LogP contribution >= 0.6 is 11.3 Å². The molecule has 0 aliphatic heterocycles. The first-order chi connectivity index (χ1) is 13.3. The number of amides is 1. The van der Waals surface area contributed by atoms with Crippen LogP contribution in [0.5, 0.6) is 11.5 Å². The van der Waals surface area contributed by atoms with Crippen molar-refractivity contribution >= 4 is 27.5 Å². The number of carbonyl (C=O) groups excluding carboxylic acids is 1. The number of hydrogen-bond acceptors (Lipinski definition) is 5. The summed E-state index contributed by atoms with van der Waals surface area (Å²) in [5.74, 6) is 1.83. The van der Waals surface area contributed by atoms with Gasteiger partial charge in [-0.15, -0.1) is 11.3 Å². The standard InChI is InChI=1S/C21H27N3O3S/c1-12(2)11-24-21-17(14(4)23-24)10-19(28-21)20(25)22-13(3)16-9-15(26-5)7-8-18(16)27-6/h7-10,12-13H,11H2,1-6H3,(H,22,25)/t13-/m1/s1. The number of fused-ring (bicyclic) bond motifs is 1. The van der Waals surface area contributed by atoms with Gasteiger partial charge in [0, 0.05) is 17.5 Å². The molecular formula is C21H27N3O3S. The number of rotatable bonds is 7. The van der Waals surface area contributed by atoms with E-state index >= 15 is 0 Å². The first-order valence-corrected chi connectivity index (χ1v) is 10.2. The molecule has 28 heavy (non-hydrogen) atoms. The average Bonchev–Trinajstić information content (AvgIpc) is 3.22. The van der Waals surface area contributed by atoms with Gasteiger partial charge in [0.25, 0.3) is 5.91 Å². The molecule has 0 fully saturated rings. The van der Waals surface area contributed by atoms with Crippen LogP contribution in [-0.4, -0.2) is 29.9 Å². The fourth-order valence-electron chi connectivity index (χ4n) is 3.22. The van der Waals surface area contributed by atoms with Gasteiger partial charge >= 0.3 is 0 Å². The van der Waals surface area contributed by atoms with E-state index in [1.165, 1.54) is 11.3 Å². The number of hydrogen-bond donors (Lipinski definition) is 1. The number of nitrogens with one attached hydrogen (secondary N) is 1. The van der Waals surface area contributed by atoms with Crippen molar-refractivity contribution in [3.05, 3.63) is 40.4 Å². The van der Waals surface area contributed by atoms with Gasteiger partial charge in [-0.3, -0.25) is 9.48 Å². The van der Waals surface area contributed by atoms with Gasteiger partial charge in [0.2, 0.25) is 0 Å². The molecule has 0 unspecified atom stereocenters. The summed E-state index contributed by atoms with van der Waals surface area (Å²) in [6.07, 6.45) is 0. The van der Waals surface area contributed by atoms with Crippen LogP contribution < -0.4 is 14.8 Å². The summed E-state index contributed by atoms with van der Waals surface area (Å²) in [5.41, 5.74) is 1.83. The highest BCUT2D eigenvalue weighted by Crippen LogP contribution is 2.31. The van der Waals surface area contributed by atoms with Crippen molar-refractivity contribution in [3.63, 3.8) is 0 Å². The zero-order chi connectivity index (χ0) is 20.4. The molecule has 1 aromatic carbocycles. The van der Waals surface area contributed by atoms with Crippen molar-refractivity contribution in [1.82, 2.24) is 15.1 Å². The number of nitrogens with zero attached hydrogens (tertiary/aromatic N) is 2. The molecule has 3 aromatic rings. The minimum atomic E-state index is -0.226. The minimum Gasteiger partial charge on any atom is -0.497 e. The Morgan fingerprint density at radius 2 is 1.96 bits per heavy atom. The molecule has 0 aliphatic carbocycles. The Morgan fingerprint density at radius 1 is 1.21 bits per heavy atom. The van der Waals surface area contributed by atoms with Crippen LogP contribution in [0, 0.1) is 12.8 Å². The van der Waals surface area contributed by atoms with Crippen LogP contribution in [0.1, 0.15) is 47.7 Å². The second-order valence-corrected chi connectivity index (χ2v) is 8.32. The number of methoxy groups -OCH3 is 2. The molecule has 0 radical (unpaired) electrons. The molecule has 0 aliphatic rings. The van der Waals surface area contributed by atoms with E-state index in [-0.39, 0.29) is 11.9 Å². The molecule has 0 bridgehead atoms. The highest BCUT2D eigenvalue weighted by atomic mass is 32.1. The van der Waals surface area contributed by atoms with Crippen molar-refractivity contribution < 1.29 is 14.3 Å². The van der Waals surface area contributed by atoms with Crippen molar-refractivity contribution in [2.75, 3.05) is 14.2 Å². The van der Waals surface area contributed by atoms with E-state index in [0.29, 0.717) is 16.5 Å². The van der Waals surface area contributed by atoms with Gasteiger partial charge in [0.15, 0.2) is 0 Å². The number of aromatic nitrogens is 2. The quantitative estimate of drug-likeness (QED) is 0.630. The van der Waals surface area contributed by atoms with E-state index in [9.17, 15) is 4.79 Å². The average molecular weight is 402 g/mol. The molecule has 0 saturated heterocycles. The van der Waals surface area contributed by atoms with E-state index in [0.717, 1.165) is 33.8 Å². The number of aryl methyl sites for hydroxylation is 1. The smallest absolute Gasteiger partial charge is 0.261 e. The summed E-state index contributed by atoms with van der Waals surface area (Å²) < 4.78 is 12.8. The lowest BCUT2D eigenvalue weighted by Crippen LogP contribution is -2.26. The topological polar surface area (TPSA) is 65.4 Å². The summed E-state index contributed by atoms with van der Waals surface area (Å²) in [4.78, 5) is 14.6. The van der Waals surface area contributed by atoms with Gasteiger partial charge in [-0.1, -0.05) is 13.8 Å². The Hall–Kier alpha value is -2.54. The fraction of sp³-hybridized carbons (Fsp3) is 0.429. The number of ether oxygens (including phenoxy) is 2. The molecule has 1 N–H and O–H groups in total. The monoisotopic (exact) mass is 401 g/mol. The van der Waals surface area contributed by atoms with Crippen molar-refractivity contribution in [1.29, 1.82) is 0 Å². The van der Waals surface area contributed by atoms with Crippen molar-refractivity contribution in [2.24, 2.45) is 5.92 Å². The van der Waals surface area contributed by atoms with Crippen LogP contribution in [0.4, 0.5) is 0 Å². The molecule has 7 heteroatoms. The zero-order valence-electron chi connectivity index (χ0n) is 17.2. The maximum atomic E-state index is 12.9. The molecule has 0 saturated carbocycles. The zero-order valence-corrected chi connectivity index (χ0v) is 18.0. The molecule has 2 heterocycles. The predicted molar refractivity (Wildman–Crippen MR) is 113 cm³/mol. The number of carbonyl (C=O) groups is 1. The maximum absolute atomic E-state index is 12.9. The minimum absolute atomic E-state index is 0.103. The van der Waals surface area contributed by atoms with E-state index in [2.05, 4.69) is 24.3 Å². The summed E-state index contributed by atoms with van der Waals surface area (Å²) in [7, 11) is 3.24. The molecule has 1 amide bonds. The first-order valence-electron chi connectivity index (χ1n) is 9.33. The molecule has 0 spiro atoms.